The molecule has 1 aliphatic rings. The van der Waals surface area contributed by atoms with Crippen molar-refractivity contribution in [2.75, 3.05) is 18.4 Å². The number of likely N-dealkylation sites (tertiary alicyclic amines) is 1. The van der Waals surface area contributed by atoms with E-state index < -0.39 is 0 Å². The minimum Gasteiger partial charge on any atom is -0.338 e. The fraction of sp³-hybridized carbons (Fsp3) is 0.227. The molecule has 4 rings (SSSR count). The Morgan fingerprint density at radius 2 is 1.83 bits per heavy atom. The number of hydrogen-bond acceptors (Lipinski definition) is 3. The minimum absolute atomic E-state index is 0.0294. The van der Waals surface area contributed by atoms with Crippen LogP contribution in [0.25, 0.3) is 0 Å². The summed E-state index contributed by atoms with van der Waals surface area (Å²) in [5.41, 5.74) is 2.47. The Bertz CT molecular complexity index is 1000. The Labute approximate surface area is 167 Å². The number of amides is 2. The lowest BCUT2D eigenvalue weighted by Crippen LogP contribution is -2.39. The van der Waals surface area contributed by atoms with Gasteiger partial charge in [0.1, 0.15) is 5.82 Å². The van der Waals surface area contributed by atoms with Gasteiger partial charge in [-0.05, 0) is 49.2 Å². The molecule has 0 aliphatic carbocycles. The van der Waals surface area contributed by atoms with Crippen LogP contribution in [-0.4, -0.2) is 40.0 Å². The second-order valence-corrected chi connectivity index (χ2v) is 7.11. The maximum atomic E-state index is 13.1. The fourth-order valence-corrected chi connectivity index (χ4v) is 3.66. The van der Waals surface area contributed by atoms with Crippen LogP contribution in [0.15, 0.2) is 60.8 Å². The molecule has 1 atom stereocenters. The Morgan fingerprint density at radius 3 is 2.59 bits per heavy atom. The summed E-state index contributed by atoms with van der Waals surface area (Å²) in [5, 5.41) is 9.99. The third kappa shape index (κ3) is 4.18. The van der Waals surface area contributed by atoms with Crippen molar-refractivity contribution in [2.24, 2.45) is 0 Å². The first-order valence-electron chi connectivity index (χ1n) is 9.56. The molecule has 1 aromatic heterocycles. The van der Waals surface area contributed by atoms with Gasteiger partial charge < -0.3 is 10.2 Å². The lowest BCUT2D eigenvalue weighted by molar-refractivity contribution is 0.0705. The molecule has 2 N–H and O–H groups in total. The molecular formula is C22H21FN4O2. The molecule has 0 unspecified atom stereocenters. The SMILES string of the molecule is O=C(Nc1cn[nH]c1[C@@H]1CCCN(C(=O)c2ccc(F)cc2)C1)c1ccccc1. The molecule has 2 heterocycles. The van der Waals surface area contributed by atoms with E-state index in [1.807, 2.05) is 18.2 Å². The van der Waals surface area contributed by atoms with Gasteiger partial charge in [-0.25, -0.2) is 4.39 Å². The van der Waals surface area contributed by atoms with Gasteiger partial charge in [-0.1, -0.05) is 18.2 Å². The summed E-state index contributed by atoms with van der Waals surface area (Å²) in [4.78, 5) is 27.0. The van der Waals surface area contributed by atoms with Crippen LogP contribution in [0.4, 0.5) is 10.1 Å². The predicted molar refractivity (Wildman–Crippen MR) is 107 cm³/mol. The molecule has 0 radical (unpaired) electrons. The van der Waals surface area contributed by atoms with E-state index in [-0.39, 0.29) is 23.5 Å². The van der Waals surface area contributed by atoms with E-state index in [1.54, 1.807) is 23.2 Å². The highest BCUT2D eigenvalue weighted by Crippen LogP contribution is 2.31. The molecule has 29 heavy (non-hydrogen) atoms. The van der Waals surface area contributed by atoms with E-state index in [4.69, 9.17) is 0 Å². The van der Waals surface area contributed by atoms with E-state index in [2.05, 4.69) is 15.5 Å². The van der Waals surface area contributed by atoms with Crippen molar-refractivity contribution in [3.8, 4) is 0 Å². The maximum absolute atomic E-state index is 13.1. The summed E-state index contributed by atoms with van der Waals surface area (Å²) in [6.07, 6.45) is 3.31. The van der Waals surface area contributed by atoms with Crippen LogP contribution in [0, 0.1) is 5.82 Å². The number of rotatable bonds is 4. The van der Waals surface area contributed by atoms with E-state index >= 15 is 0 Å². The lowest BCUT2D eigenvalue weighted by atomic mass is 9.93. The number of H-pyrrole nitrogens is 1. The maximum Gasteiger partial charge on any atom is 0.255 e. The summed E-state index contributed by atoms with van der Waals surface area (Å²) in [7, 11) is 0. The lowest BCUT2D eigenvalue weighted by Gasteiger charge is -2.32. The highest BCUT2D eigenvalue weighted by atomic mass is 19.1. The average molecular weight is 392 g/mol. The Balaban J connectivity index is 1.48. The molecule has 6 nitrogen and oxygen atoms in total. The van der Waals surface area contributed by atoms with Gasteiger partial charge in [0.2, 0.25) is 0 Å². The number of nitrogens with one attached hydrogen (secondary N) is 2. The van der Waals surface area contributed by atoms with Gasteiger partial charge in [-0.15, -0.1) is 0 Å². The standard InChI is InChI=1S/C22H21FN4O2/c23-18-10-8-16(9-11-18)22(29)27-12-4-7-17(14-27)20-19(13-24-26-20)25-21(28)15-5-2-1-3-6-15/h1-3,5-6,8-11,13,17H,4,7,12,14H2,(H,24,26)(H,25,28)/t17-/m1/s1. The van der Waals surface area contributed by atoms with Crippen molar-refractivity contribution in [2.45, 2.75) is 18.8 Å². The highest BCUT2D eigenvalue weighted by Gasteiger charge is 2.28. The summed E-state index contributed by atoms with van der Waals surface area (Å²) in [5.74, 6) is -0.663. The monoisotopic (exact) mass is 392 g/mol. The number of aromatic nitrogens is 2. The van der Waals surface area contributed by atoms with Gasteiger partial charge in [0.05, 0.1) is 17.6 Å². The third-order valence-corrected chi connectivity index (χ3v) is 5.16. The summed E-state index contributed by atoms with van der Waals surface area (Å²) >= 11 is 0. The molecule has 0 spiro atoms. The number of piperidine rings is 1. The summed E-state index contributed by atoms with van der Waals surface area (Å²) in [6.45, 7) is 1.15. The van der Waals surface area contributed by atoms with E-state index in [0.29, 0.717) is 29.9 Å². The molecule has 1 aliphatic heterocycles. The number of hydrogen-bond donors (Lipinski definition) is 2. The first-order chi connectivity index (χ1) is 14.1. The molecule has 1 fully saturated rings. The summed E-state index contributed by atoms with van der Waals surface area (Å²) in [6, 6.07) is 14.6. The molecule has 148 valence electrons. The van der Waals surface area contributed by atoms with Crippen molar-refractivity contribution >= 4 is 17.5 Å². The number of carbonyl (C=O) groups is 2. The molecule has 0 saturated carbocycles. The first kappa shape index (κ1) is 18.9. The van der Waals surface area contributed by atoms with Crippen molar-refractivity contribution in [3.63, 3.8) is 0 Å². The van der Waals surface area contributed by atoms with Crippen molar-refractivity contribution in [1.82, 2.24) is 15.1 Å². The van der Waals surface area contributed by atoms with Crippen LogP contribution in [0.2, 0.25) is 0 Å². The highest BCUT2D eigenvalue weighted by molar-refractivity contribution is 6.04. The molecule has 3 aromatic rings. The van der Waals surface area contributed by atoms with Crippen LogP contribution in [0.3, 0.4) is 0 Å². The largest absolute Gasteiger partial charge is 0.338 e. The molecule has 1 saturated heterocycles. The molecule has 7 heteroatoms. The van der Waals surface area contributed by atoms with Crippen LogP contribution in [0.1, 0.15) is 45.2 Å². The van der Waals surface area contributed by atoms with Crippen molar-refractivity contribution in [3.05, 3.63) is 83.4 Å². The summed E-state index contributed by atoms with van der Waals surface area (Å²) < 4.78 is 13.1. The van der Waals surface area contributed by atoms with Crippen LogP contribution < -0.4 is 5.32 Å². The zero-order valence-corrected chi connectivity index (χ0v) is 15.8. The van der Waals surface area contributed by atoms with Gasteiger partial charge in [-0.3, -0.25) is 14.7 Å². The van der Waals surface area contributed by atoms with Gasteiger partial charge in [0.15, 0.2) is 0 Å². The van der Waals surface area contributed by atoms with Gasteiger partial charge in [0, 0.05) is 30.1 Å². The van der Waals surface area contributed by atoms with Crippen molar-refractivity contribution < 1.29 is 14.0 Å². The van der Waals surface area contributed by atoms with Crippen LogP contribution in [-0.2, 0) is 0 Å². The second-order valence-electron chi connectivity index (χ2n) is 7.11. The number of benzene rings is 2. The number of anilines is 1. The second kappa shape index (κ2) is 8.26. The molecule has 0 bridgehead atoms. The Hall–Kier alpha value is -3.48. The Morgan fingerprint density at radius 1 is 1.07 bits per heavy atom. The quantitative estimate of drug-likeness (QED) is 0.709. The van der Waals surface area contributed by atoms with Gasteiger partial charge in [-0.2, -0.15) is 5.10 Å². The van der Waals surface area contributed by atoms with Gasteiger partial charge >= 0.3 is 0 Å². The van der Waals surface area contributed by atoms with Crippen LogP contribution >= 0.6 is 0 Å². The molecule has 2 amide bonds. The number of carbonyl (C=O) groups excluding carboxylic acids is 2. The number of nitrogens with zero attached hydrogens (tertiary/aromatic N) is 2. The zero-order chi connectivity index (χ0) is 20.2. The van der Waals surface area contributed by atoms with E-state index in [1.165, 1.54) is 24.3 Å². The third-order valence-electron chi connectivity index (χ3n) is 5.16. The smallest absolute Gasteiger partial charge is 0.255 e. The average Bonchev–Trinajstić information content (AvgIpc) is 3.22. The zero-order valence-electron chi connectivity index (χ0n) is 15.8. The minimum atomic E-state index is -0.366. The number of halogens is 1. The van der Waals surface area contributed by atoms with Gasteiger partial charge in [0.25, 0.3) is 11.8 Å². The topological polar surface area (TPSA) is 78.1 Å². The number of aromatic amines is 1. The molecular weight excluding hydrogens is 371 g/mol. The molecule has 2 aromatic carbocycles. The van der Waals surface area contributed by atoms with Crippen molar-refractivity contribution in [1.29, 1.82) is 0 Å². The fourth-order valence-electron chi connectivity index (χ4n) is 3.66. The predicted octanol–water partition coefficient (Wildman–Crippen LogP) is 3.82. The Kier molecular flexibility index (Phi) is 5.37. The normalized spacial score (nSPS) is 16.4. The first-order valence-corrected chi connectivity index (χ1v) is 9.56. The van der Waals surface area contributed by atoms with E-state index in [9.17, 15) is 14.0 Å². The van der Waals surface area contributed by atoms with E-state index in [0.717, 1.165) is 18.5 Å². The van der Waals surface area contributed by atoms with Crippen LogP contribution in [0.5, 0.6) is 0 Å².